The summed E-state index contributed by atoms with van der Waals surface area (Å²) in [5.41, 5.74) is 0. The zero-order chi connectivity index (χ0) is 19.4. The first-order valence-electron chi connectivity index (χ1n) is 9.64. The summed E-state index contributed by atoms with van der Waals surface area (Å²) in [6.07, 6.45) is 3.09. The predicted molar refractivity (Wildman–Crippen MR) is 124 cm³/mol. The number of ether oxygens (including phenoxy) is 1. The molecule has 0 saturated heterocycles. The van der Waals surface area contributed by atoms with Gasteiger partial charge in [0.05, 0.1) is 0 Å². The van der Waals surface area contributed by atoms with E-state index in [1.807, 2.05) is 13.8 Å². The topological polar surface area (TPSA) is 9.23 Å². The summed E-state index contributed by atoms with van der Waals surface area (Å²) in [6, 6.07) is 32.8. The Hall–Kier alpha value is -2.21. The van der Waals surface area contributed by atoms with Crippen LogP contribution >= 0.6 is 7.26 Å². The van der Waals surface area contributed by atoms with Crippen LogP contribution in [0.3, 0.4) is 0 Å². The van der Waals surface area contributed by atoms with Gasteiger partial charge in [-0.25, -0.2) is 0 Å². The van der Waals surface area contributed by atoms with Crippen LogP contribution in [0.15, 0.2) is 104 Å². The second-order valence-corrected chi connectivity index (χ2v) is 10.2. The summed E-state index contributed by atoms with van der Waals surface area (Å²) in [6.45, 7) is 9.72. The third-order valence-corrected chi connectivity index (χ3v) is 9.52. The molecular formula is C25H31OP. The van der Waals surface area contributed by atoms with Crippen LogP contribution in [0.5, 0.6) is 0 Å². The molecule has 0 saturated carbocycles. The van der Waals surface area contributed by atoms with Gasteiger partial charge in [0.1, 0.15) is 0 Å². The van der Waals surface area contributed by atoms with E-state index in [9.17, 15) is 0 Å². The Morgan fingerprint density at radius 1 is 0.667 bits per heavy atom. The Morgan fingerprint density at radius 3 is 1.22 bits per heavy atom. The van der Waals surface area contributed by atoms with Crippen LogP contribution in [-0.4, -0.2) is 19.4 Å². The van der Waals surface area contributed by atoms with Crippen molar-refractivity contribution in [3.05, 3.63) is 104 Å². The first-order valence-corrected chi connectivity index (χ1v) is 11.9. The molecule has 3 aromatic carbocycles. The van der Waals surface area contributed by atoms with Crippen molar-refractivity contribution in [1.82, 2.24) is 0 Å². The van der Waals surface area contributed by atoms with Gasteiger partial charge in [-0.2, -0.15) is 0 Å². The molecule has 3 rings (SSSR count). The molecule has 0 spiro atoms. The van der Waals surface area contributed by atoms with E-state index >= 15 is 0 Å². The molecule has 27 heavy (non-hydrogen) atoms. The van der Waals surface area contributed by atoms with Gasteiger partial charge in [0.15, 0.2) is 0 Å². The molecular weight excluding hydrogens is 347 g/mol. The van der Waals surface area contributed by atoms with E-state index in [0.717, 1.165) is 19.4 Å². The summed E-state index contributed by atoms with van der Waals surface area (Å²) in [5, 5.41) is 4.31. The maximum atomic E-state index is 4.83. The minimum absolute atomic E-state index is 0.844. The molecule has 0 aliphatic heterocycles. The Labute approximate surface area is 165 Å². The molecule has 1 nitrogen and oxygen atoms in total. The SMILES string of the molecule is C=CC[PH](c1ccccc1)(c1ccccc1)c1ccccc1.CCOCC. The van der Waals surface area contributed by atoms with Crippen molar-refractivity contribution in [1.29, 1.82) is 0 Å². The standard InChI is InChI=1S/C21H21P.C4H10O/c1-2-18-22(19-12-6-3-7-13-19,20-14-8-4-9-15-20)21-16-10-5-11-17-21;1-3-5-4-2/h2-17,22H,1,18H2;3-4H2,1-2H3. The van der Waals surface area contributed by atoms with E-state index in [0.29, 0.717) is 0 Å². The largest absolute Gasteiger partial charge is 0.382 e. The van der Waals surface area contributed by atoms with Crippen LogP contribution in [0.4, 0.5) is 0 Å². The molecule has 0 radical (unpaired) electrons. The van der Waals surface area contributed by atoms with Gasteiger partial charge in [0.2, 0.25) is 0 Å². The van der Waals surface area contributed by atoms with E-state index < -0.39 is 7.26 Å². The minimum Gasteiger partial charge on any atom is -0.382 e. The van der Waals surface area contributed by atoms with Crippen molar-refractivity contribution >= 4 is 23.2 Å². The molecule has 0 aliphatic rings. The molecule has 0 heterocycles. The van der Waals surface area contributed by atoms with Crippen molar-refractivity contribution in [2.75, 3.05) is 19.4 Å². The number of hydrogen-bond acceptors (Lipinski definition) is 1. The van der Waals surface area contributed by atoms with Crippen LogP contribution in [0.25, 0.3) is 0 Å². The molecule has 0 aliphatic carbocycles. The van der Waals surface area contributed by atoms with Gasteiger partial charge >= 0.3 is 133 Å². The number of allylic oxidation sites excluding steroid dienone is 1. The quantitative estimate of drug-likeness (QED) is 0.418. The zero-order valence-corrected chi connectivity index (χ0v) is 17.5. The van der Waals surface area contributed by atoms with E-state index in [1.54, 1.807) is 0 Å². The van der Waals surface area contributed by atoms with Crippen molar-refractivity contribution in [2.45, 2.75) is 13.8 Å². The number of hydrogen-bond donors (Lipinski definition) is 0. The minimum atomic E-state index is -2.04. The molecule has 0 fully saturated rings. The Morgan fingerprint density at radius 2 is 1.00 bits per heavy atom. The molecule has 0 aromatic heterocycles. The van der Waals surface area contributed by atoms with Crippen molar-refractivity contribution in [2.24, 2.45) is 0 Å². The van der Waals surface area contributed by atoms with E-state index in [-0.39, 0.29) is 0 Å². The normalized spacial score (nSPS) is 11.2. The van der Waals surface area contributed by atoms with Gasteiger partial charge in [-0.3, -0.25) is 0 Å². The molecule has 2 heteroatoms. The zero-order valence-electron chi connectivity index (χ0n) is 16.5. The number of rotatable bonds is 7. The second kappa shape index (κ2) is 11.5. The van der Waals surface area contributed by atoms with Crippen molar-refractivity contribution in [3.8, 4) is 0 Å². The monoisotopic (exact) mass is 378 g/mol. The van der Waals surface area contributed by atoms with Crippen molar-refractivity contribution in [3.63, 3.8) is 0 Å². The predicted octanol–water partition coefficient (Wildman–Crippen LogP) is 4.94. The first-order chi connectivity index (χ1) is 13.3. The van der Waals surface area contributed by atoms with Gasteiger partial charge < -0.3 is 4.74 Å². The molecule has 142 valence electrons. The van der Waals surface area contributed by atoms with Gasteiger partial charge in [0, 0.05) is 13.2 Å². The first kappa shape index (κ1) is 21.1. The molecule has 3 aromatic rings. The Balaban J connectivity index is 0.000000465. The molecule has 0 amide bonds. The fraction of sp³-hybridized carbons (Fsp3) is 0.200. The number of benzene rings is 3. The average molecular weight is 378 g/mol. The summed E-state index contributed by atoms with van der Waals surface area (Å²) >= 11 is 0. The molecule has 0 N–H and O–H groups in total. The maximum Gasteiger partial charge on any atom is 0.0437 e. The molecule has 0 atom stereocenters. The van der Waals surface area contributed by atoms with Crippen LogP contribution < -0.4 is 15.9 Å². The Bertz CT molecular complexity index is 671. The Kier molecular flexibility index (Phi) is 8.98. The van der Waals surface area contributed by atoms with Crippen LogP contribution in [0, 0.1) is 0 Å². The van der Waals surface area contributed by atoms with E-state index in [4.69, 9.17) is 4.74 Å². The smallest absolute Gasteiger partial charge is 0.0437 e. The van der Waals surface area contributed by atoms with Gasteiger partial charge in [-0.15, -0.1) is 0 Å². The maximum absolute atomic E-state index is 4.83. The summed E-state index contributed by atoms with van der Waals surface area (Å²) in [4.78, 5) is 0. The summed E-state index contributed by atoms with van der Waals surface area (Å²) in [7, 11) is -2.04. The fourth-order valence-corrected chi connectivity index (χ4v) is 7.87. The van der Waals surface area contributed by atoms with E-state index in [1.165, 1.54) is 15.9 Å². The molecule has 0 unspecified atom stereocenters. The fourth-order valence-electron chi connectivity index (χ4n) is 3.44. The van der Waals surface area contributed by atoms with Gasteiger partial charge in [-0.05, 0) is 13.8 Å². The average Bonchev–Trinajstić information content (AvgIpc) is 2.75. The van der Waals surface area contributed by atoms with Gasteiger partial charge in [0.25, 0.3) is 0 Å². The third kappa shape index (κ3) is 5.39. The molecule has 0 bridgehead atoms. The van der Waals surface area contributed by atoms with Gasteiger partial charge in [-0.1, -0.05) is 0 Å². The van der Waals surface area contributed by atoms with Crippen molar-refractivity contribution < 1.29 is 4.74 Å². The summed E-state index contributed by atoms with van der Waals surface area (Å²) < 4.78 is 4.83. The third-order valence-electron chi connectivity index (χ3n) is 4.66. The van der Waals surface area contributed by atoms with E-state index in [2.05, 4.69) is 104 Å². The van der Waals surface area contributed by atoms with Crippen LogP contribution in [0.1, 0.15) is 13.8 Å². The van der Waals surface area contributed by atoms with Crippen LogP contribution in [0.2, 0.25) is 0 Å². The second-order valence-electron chi connectivity index (χ2n) is 6.28. The summed E-state index contributed by atoms with van der Waals surface area (Å²) in [5.74, 6) is 0. The van der Waals surface area contributed by atoms with Crippen LogP contribution in [-0.2, 0) is 4.74 Å².